The third kappa shape index (κ3) is 5.68. The summed E-state index contributed by atoms with van der Waals surface area (Å²) in [6.07, 6.45) is 1.19. The van der Waals surface area contributed by atoms with E-state index in [1.54, 1.807) is 24.0 Å². The largest absolute Gasteiger partial charge is 0.462 e. The summed E-state index contributed by atoms with van der Waals surface area (Å²) in [5, 5.41) is 11.3. The second-order valence-electron chi connectivity index (χ2n) is 8.24. The molecule has 0 aliphatic carbocycles. The van der Waals surface area contributed by atoms with E-state index in [2.05, 4.69) is 0 Å². The molecule has 1 aromatic rings. The zero-order chi connectivity index (χ0) is 21.8. The van der Waals surface area contributed by atoms with Crippen molar-refractivity contribution in [2.45, 2.75) is 59.0 Å². The second kappa shape index (κ2) is 9.24. The van der Waals surface area contributed by atoms with E-state index in [1.807, 2.05) is 27.7 Å². The average Bonchev–Trinajstić information content (AvgIpc) is 2.65. The number of piperidine rings is 1. The Balaban J connectivity index is 2.26. The summed E-state index contributed by atoms with van der Waals surface area (Å²) in [5.41, 5.74) is 0.0160. The maximum absolute atomic E-state index is 12.4. The van der Waals surface area contributed by atoms with Gasteiger partial charge in [-0.05, 0) is 57.6 Å². The Morgan fingerprint density at radius 3 is 2.52 bits per heavy atom. The first-order valence-corrected chi connectivity index (χ1v) is 10.0. The lowest BCUT2D eigenvalue weighted by atomic mass is 9.78. The molecule has 0 radical (unpaired) electrons. The smallest absolute Gasteiger partial charge is 0.410 e. The maximum atomic E-state index is 12.4. The SMILES string of the molecule is CCOC(=O)c1cc(C2CCN(C(=O)OC(C)(C)C)CC2CC)ccc1[N+](=O)[O-]. The molecule has 1 fully saturated rings. The van der Waals surface area contributed by atoms with Gasteiger partial charge in [-0.3, -0.25) is 10.1 Å². The van der Waals surface area contributed by atoms with Crippen LogP contribution in [0.15, 0.2) is 18.2 Å². The van der Waals surface area contributed by atoms with Crippen molar-refractivity contribution < 1.29 is 24.0 Å². The Hall–Kier alpha value is -2.64. The van der Waals surface area contributed by atoms with E-state index < -0.39 is 16.5 Å². The summed E-state index contributed by atoms with van der Waals surface area (Å²) >= 11 is 0. The second-order valence-corrected chi connectivity index (χ2v) is 8.24. The van der Waals surface area contributed by atoms with Gasteiger partial charge in [0.2, 0.25) is 0 Å². The van der Waals surface area contributed by atoms with E-state index in [-0.39, 0.29) is 35.8 Å². The number of esters is 1. The van der Waals surface area contributed by atoms with Gasteiger partial charge < -0.3 is 14.4 Å². The number of carbonyl (C=O) groups excluding carboxylic acids is 2. The van der Waals surface area contributed by atoms with Crippen molar-refractivity contribution in [1.29, 1.82) is 0 Å². The number of rotatable bonds is 5. The molecule has 0 bridgehead atoms. The normalized spacial score (nSPS) is 19.6. The van der Waals surface area contributed by atoms with Gasteiger partial charge >= 0.3 is 12.1 Å². The van der Waals surface area contributed by atoms with E-state index in [1.165, 1.54) is 6.07 Å². The Labute approximate surface area is 171 Å². The predicted octanol–water partition coefficient (Wildman–Crippen LogP) is 4.52. The Bertz CT molecular complexity index is 771. The van der Waals surface area contributed by atoms with E-state index in [4.69, 9.17) is 9.47 Å². The monoisotopic (exact) mass is 406 g/mol. The van der Waals surface area contributed by atoms with Gasteiger partial charge in [-0.2, -0.15) is 0 Å². The van der Waals surface area contributed by atoms with Crippen LogP contribution in [0.25, 0.3) is 0 Å². The van der Waals surface area contributed by atoms with Crippen LogP contribution in [0.4, 0.5) is 10.5 Å². The third-order valence-corrected chi connectivity index (χ3v) is 5.05. The Kier molecular flexibility index (Phi) is 7.21. The number of nitro benzene ring substituents is 1. The predicted molar refractivity (Wildman–Crippen MR) is 108 cm³/mol. The van der Waals surface area contributed by atoms with E-state index in [0.29, 0.717) is 19.5 Å². The molecule has 1 heterocycles. The van der Waals surface area contributed by atoms with Crippen LogP contribution >= 0.6 is 0 Å². The van der Waals surface area contributed by atoms with Crippen LogP contribution in [0, 0.1) is 16.0 Å². The molecule has 2 atom stereocenters. The molecule has 160 valence electrons. The van der Waals surface area contributed by atoms with Crippen molar-refractivity contribution >= 4 is 17.7 Å². The summed E-state index contributed by atoms with van der Waals surface area (Å²) in [7, 11) is 0. The fraction of sp³-hybridized carbons (Fsp3) is 0.619. The molecule has 2 unspecified atom stereocenters. The highest BCUT2D eigenvalue weighted by Gasteiger charge is 2.34. The fourth-order valence-electron chi connectivity index (χ4n) is 3.69. The van der Waals surface area contributed by atoms with E-state index >= 15 is 0 Å². The molecule has 0 saturated carbocycles. The lowest BCUT2D eigenvalue weighted by Crippen LogP contribution is -2.45. The topological polar surface area (TPSA) is 99.0 Å². The van der Waals surface area contributed by atoms with Gasteiger partial charge in [0.05, 0.1) is 11.5 Å². The fourth-order valence-corrected chi connectivity index (χ4v) is 3.69. The molecule has 8 heteroatoms. The number of amides is 1. The molecular weight excluding hydrogens is 376 g/mol. The number of nitrogens with zero attached hydrogens (tertiary/aromatic N) is 2. The molecule has 1 saturated heterocycles. The summed E-state index contributed by atoms with van der Waals surface area (Å²) in [5.74, 6) is -0.444. The summed E-state index contributed by atoms with van der Waals surface area (Å²) in [6.45, 7) is 10.4. The third-order valence-electron chi connectivity index (χ3n) is 5.05. The molecule has 29 heavy (non-hydrogen) atoms. The number of likely N-dealkylation sites (tertiary alicyclic amines) is 1. The molecule has 0 N–H and O–H groups in total. The maximum Gasteiger partial charge on any atom is 0.410 e. The highest BCUT2D eigenvalue weighted by atomic mass is 16.6. The molecule has 0 aromatic heterocycles. The Morgan fingerprint density at radius 2 is 1.97 bits per heavy atom. The highest BCUT2D eigenvalue weighted by Crippen LogP contribution is 2.37. The van der Waals surface area contributed by atoms with Gasteiger partial charge in [0.15, 0.2) is 0 Å². The van der Waals surface area contributed by atoms with Crippen molar-refractivity contribution in [2.24, 2.45) is 5.92 Å². The molecule has 1 aliphatic rings. The molecule has 2 rings (SSSR count). The summed E-state index contributed by atoms with van der Waals surface area (Å²) in [6, 6.07) is 4.65. The quantitative estimate of drug-likeness (QED) is 0.405. The molecule has 1 aromatic carbocycles. The van der Waals surface area contributed by atoms with Crippen LogP contribution < -0.4 is 0 Å². The average molecular weight is 406 g/mol. The number of hydrogen-bond donors (Lipinski definition) is 0. The van der Waals surface area contributed by atoms with E-state index in [9.17, 15) is 19.7 Å². The number of hydrogen-bond acceptors (Lipinski definition) is 6. The minimum atomic E-state index is -0.694. The first kappa shape index (κ1) is 22.6. The van der Waals surface area contributed by atoms with Crippen LogP contribution in [0.3, 0.4) is 0 Å². The van der Waals surface area contributed by atoms with Crippen LogP contribution in [0.2, 0.25) is 0 Å². The molecule has 0 spiro atoms. The highest BCUT2D eigenvalue weighted by molar-refractivity contribution is 5.94. The van der Waals surface area contributed by atoms with Crippen molar-refractivity contribution in [2.75, 3.05) is 19.7 Å². The zero-order valence-corrected chi connectivity index (χ0v) is 17.8. The number of carbonyl (C=O) groups is 2. The van der Waals surface area contributed by atoms with Gasteiger partial charge in [0.25, 0.3) is 5.69 Å². The van der Waals surface area contributed by atoms with Crippen LogP contribution in [0.5, 0.6) is 0 Å². The standard InChI is InChI=1S/C21H30N2O6/c1-6-14-13-22(20(25)29-21(3,4)5)11-10-16(14)15-8-9-18(23(26)27)17(12-15)19(24)28-7-2/h8-9,12,14,16H,6-7,10-11,13H2,1-5H3. The lowest BCUT2D eigenvalue weighted by molar-refractivity contribution is -0.385. The lowest BCUT2D eigenvalue weighted by Gasteiger charge is -2.39. The molecular formula is C21H30N2O6. The van der Waals surface area contributed by atoms with E-state index in [0.717, 1.165) is 12.0 Å². The van der Waals surface area contributed by atoms with Gasteiger partial charge in [0, 0.05) is 19.2 Å². The van der Waals surface area contributed by atoms with Gasteiger partial charge in [-0.1, -0.05) is 19.4 Å². The van der Waals surface area contributed by atoms with Crippen molar-refractivity contribution in [3.63, 3.8) is 0 Å². The van der Waals surface area contributed by atoms with Gasteiger partial charge in [-0.15, -0.1) is 0 Å². The minimum absolute atomic E-state index is 0.0289. The molecule has 8 nitrogen and oxygen atoms in total. The van der Waals surface area contributed by atoms with Gasteiger partial charge in [-0.25, -0.2) is 9.59 Å². The minimum Gasteiger partial charge on any atom is -0.462 e. The summed E-state index contributed by atoms with van der Waals surface area (Å²) in [4.78, 5) is 37.1. The first-order chi connectivity index (χ1) is 13.6. The Morgan fingerprint density at radius 1 is 1.28 bits per heavy atom. The van der Waals surface area contributed by atoms with Crippen molar-refractivity contribution in [1.82, 2.24) is 4.90 Å². The number of nitro groups is 1. The first-order valence-electron chi connectivity index (χ1n) is 10.0. The molecule has 1 amide bonds. The number of benzene rings is 1. The zero-order valence-electron chi connectivity index (χ0n) is 17.8. The van der Waals surface area contributed by atoms with Gasteiger partial charge in [0.1, 0.15) is 11.2 Å². The van der Waals surface area contributed by atoms with Crippen molar-refractivity contribution in [3.8, 4) is 0 Å². The van der Waals surface area contributed by atoms with Crippen LogP contribution in [0.1, 0.15) is 69.3 Å². The van der Waals surface area contributed by atoms with Crippen molar-refractivity contribution in [3.05, 3.63) is 39.4 Å². The number of ether oxygens (including phenoxy) is 2. The summed E-state index contributed by atoms with van der Waals surface area (Å²) < 4.78 is 10.5. The van der Waals surface area contributed by atoms with Crippen LogP contribution in [-0.4, -0.2) is 47.2 Å². The molecule has 1 aliphatic heterocycles. The van der Waals surface area contributed by atoms with Crippen LogP contribution in [-0.2, 0) is 9.47 Å².